The lowest BCUT2D eigenvalue weighted by Crippen LogP contribution is -1.74. The first kappa shape index (κ1) is 2.16. The summed E-state index contributed by atoms with van der Waals surface area (Å²) in [5.74, 6) is 0. The normalized spacial score (nSPS) is 38.4. The highest BCUT2D eigenvalue weighted by Crippen LogP contribution is 2.40. The Morgan fingerprint density at radius 2 is 1.60 bits per heavy atom. The Kier molecular flexibility index (Phi) is 0.147. The van der Waals surface area contributed by atoms with Gasteiger partial charge >= 0.3 is 0 Å². The maximum atomic E-state index is 4.78. The molecule has 0 aromatic rings. The van der Waals surface area contributed by atoms with E-state index in [-0.39, 0.29) is 5.79 Å². The molecule has 0 saturated carbocycles. The van der Waals surface area contributed by atoms with Crippen LogP contribution in [0.25, 0.3) is 0 Å². The van der Waals surface area contributed by atoms with Crippen LogP contribution < -0.4 is 0 Å². The molecule has 0 amide bonds. The second-order valence-corrected chi connectivity index (χ2v) is 1.49. The van der Waals surface area contributed by atoms with Gasteiger partial charge in [-0.15, -0.1) is 0 Å². The van der Waals surface area contributed by atoms with Gasteiger partial charge in [0, 0.05) is 0 Å². The average Bonchev–Trinajstić information content (AvgIpc) is 2.17. The molecule has 2 heteroatoms. The molecular formula is C3H4O2. The molecule has 0 aromatic heterocycles. The first-order valence-electron chi connectivity index (χ1n) is 1.69. The summed E-state index contributed by atoms with van der Waals surface area (Å²) >= 11 is 0. The number of hydrogen-bond acceptors (Lipinski definition) is 2. The van der Waals surface area contributed by atoms with Crippen LogP contribution in [0.5, 0.6) is 0 Å². The van der Waals surface area contributed by atoms with Gasteiger partial charge in [-0.05, 0) is 0 Å². The molecule has 2 fully saturated rings. The van der Waals surface area contributed by atoms with E-state index in [1.807, 2.05) is 0 Å². The molecule has 0 unspecified atom stereocenters. The van der Waals surface area contributed by atoms with Crippen LogP contribution in [0.3, 0.4) is 0 Å². The van der Waals surface area contributed by atoms with Crippen molar-refractivity contribution < 1.29 is 9.47 Å². The van der Waals surface area contributed by atoms with Crippen LogP contribution in [-0.4, -0.2) is 19.0 Å². The molecule has 2 aliphatic rings. The molecule has 2 aliphatic heterocycles. The summed E-state index contributed by atoms with van der Waals surface area (Å²) in [6.45, 7) is 1.68. The first-order chi connectivity index (χ1) is 2.41. The van der Waals surface area contributed by atoms with Crippen molar-refractivity contribution in [2.45, 2.75) is 5.79 Å². The van der Waals surface area contributed by atoms with Crippen molar-refractivity contribution >= 4 is 0 Å². The van der Waals surface area contributed by atoms with Gasteiger partial charge in [0.25, 0.3) is 0 Å². The van der Waals surface area contributed by atoms with Crippen LogP contribution in [-0.2, 0) is 9.47 Å². The van der Waals surface area contributed by atoms with Crippen molar-refractivity contribution in [1.82, 2.24) is 0 Å². The quantitative estimate of drug-likeness (QED) is 0.368. The smallest absolute Gasteiger partial charge is 0.216 e. The van der Waals surface area contributed by atoms with Crippen LogP contribution in [0.4, 0.5) is 0 Å². The Balaban J connectivity index is 2.30. The van der Waals surface area contributed by atoms with Gasteiger partial charge in [-0.1, -0.05) is 0 Å². The molecule has 2 nitrogen and oxygen atoms in total. The van der Waals surface area contributed by atoms with Gasteiger partial charge in [0.1, 0.15) is 13.2 Å². The van der Waals surface area contributed by atoms with E-state index >= 15 is 0 Å². The fourth-order valence-electron chi connectivity index (χ4n) is 0.328. The zero-order chi connectivity index (χ0) is 3.33. The Morgan fingerprint density at radius 1 is 1.20 bits per heavy atom. The minimum Gasteiger partial charge on any atom is -0.340 e. The molecule has 0 aliphatic carbocycles. The molecule has 0 N–H and O–H groups in total. The van der Waals surface area contributed by atoms with Crippen LogP contribution in [0.1, 0.15) is 0 Å². The molecule has 2 saturated heterocycles. The average molecular weight is 72.1 g/mol. The van der Waals surface area contributed by atoms with Gasteiger partial charge in [-0.25, -0.2) is 0 Å². The van der Waals surface area contributed by atoms with Crippen molar-refractivity contribution in [2.24, 2.45) is 0 Å². The number of ether oxygens (including phenoxy) is 2. The maximum absolute atomic E-state index is 4.78. The highest BCUT2D eigenvalue weighted by atomic mass is 16.9. The third-order valence-electron chi connectivity index (χ3n) is 0.933. The summed E-state index contributed by atoms with van der Waals surface area (Å²) < 4.78 is 9.57. The first-order valence-corrected chi connectivity index (χ1v) is 1.69. The molecule has 1 spiro atoms. The summed E-state index contributed by atoms with van der Waals surface area (Å²) in [6.07, 6.45) is 0. The van der Waals surface area contributed by atoms with E-state index in [4.69, 9.17) is 9.47 Å². The van der Waals surface area contributed by atoms with Gasteiger partial charge in [0.15, 0.2) is 0 Å². The maximum Gasteiger partial charge on any atom is 0.216 e. The van der Waals surface area contributed by atoms with Crippen LogP contribution in [0.15, 0.2) is 0 Å². The van der Waals surface area contributed by atoms with Crippen molar-refractivity contribution in [2.75, 3.05) is 13.2 Å². The largest absolute Gasteiger partial charge is 0.340 e. The Morgan fingerprint density at radius 3 is 1.60 bits per heavy atom. The monoisotopic (exact) mass is 72.0 g/mol. The highest BCUT2D eigenvalue weighted by Gasteiger charge is 2.59. The molecule has 0 radical (unpaired) electrons. The third-order valence-corrected chi connectivity index (χ3v) is 0.933. The van der Waals surface area contributed by atoms with Crippen molar-refractivity contribution in [3.05, 3.63) is 0 Å². The van der Waals surface area contributed by atoms with E-state index in [1.54, 1.807) is 0 Å². The van der Waals surface area contributed by atoms with Gasteiger partial charge in [0.05, 0.1) is 0 Å². The zero-order valence-corrected chi connectivity index (χ0v) is 2.73. The summed E-state index contributed by atoms with van der Waals surface area (Å²) in [5, 5.41) is 0. The highest BCUT2D eigenvalue weighted by molar-refractivity contribution is 4.92. The van der Waals surface area contributed by atoms with E-state index in [9.17, 15) is 0 Å². The summed E-state index contributed by atoms with van der Waals surface area (Å²) in [4.78, 5) is 0. The summed E-state index contributed by atoms with van der Waals surface area (Å²) in [5.41, 5.74) is 0. The second-order valence-electron chi connectivity index (χ2n) is 1.49. The molecule has 2 rings (SSSR count). The molecule has 28 valence electrons. The van der Waals surface area contributed by atoms with Gasteiger partial charge < -0.3 is 9.47 Å². The fourth-order valence-corrected chi connectivity index (χ4v) is 0.328. The van der Waals surface area contributed by atoms with Gasteiger partial charge in [-0.3, -0.25) is 0 Å². The van der Waals surface area contributed by atoms with Crippen molar-refractivity contribution in [3.63, 3.8) is 0 Å². The van der Waals surface area contributed by atoms with Gasteiger partial charge in [-0.2, -0.15) is 0 Å². The summed E-state index contributed by atoms with van der Waals surface area (Å²) in [6, 6.07) is 0. The predicted octanol–water partition coefficient (Wildman–Crippen LogP) is -0.257. The molecule has 0 aromatic carbocycles. The number of hydrogen-bond donors (Lipinski definition) is 0. The summed E-state index contributed by atoms with van der Waals surface area (Å²) in [7, 11) is 0. The fraction of sp³-hybridized carbons (Fsp3) is 1.00. The molecule has 5 heavy (non-hydrogen) atoms. The minimum atomic E-state index is 0. The van der Waals surface area contributed by atoms with Crippen LogP contribution in [0, 0.1) is 0 Å². The SMILES string of the molecule is C1OC12CO2. The Bertz CT molecular complexity index is 47.8. The second kappa shape index (κ2) is 0.340. The van der Waals surface area contributed by atoms with E-state index in [1.165, 1.54) is 0 Å². The number of rotatable bonds is 0. The lowest BCUT2D eigenvalue weighted by molar-refractivity contribution is 0.256. The third kappa shape index (κ3) is 0.147. The molecular weight excluding hydrogens is 68.0 g/mol. The van der Waals surface area contributed by atoms with E-state index in [0.717, 1.165) is 13.2 Å². The topological polar surface area (TPSA) is 25.1 Å². The lowest BCUT2D eigenvalue weighted by Gasteiger charge is -1.53. The zero-order valence-electron chi connectivity index (χ0n) is 2.73. The van der Waals surface area contributed by atoms with Crippen LogP contribution in [0.2, 0.25) is 0 Å². The van der Waals surface area contributed by atoms with E-state index in [0.29, 0.717) is 0 Å². The Hall–Kier alpha value is -0.0800. The molecule has 2 heterocycles. The van der Waals surface area contributed by atoms with Crippen molar-refractivity contribution in [3.8, 4) is 0 Å². The molecule has 0 bridgehead atoms. The minimum absolute atomic E-state index is 0. The lowest BCUT2D eigenvalue weighted by atomic mass is 10.6. The standard InChI is InChI=1S/C3H4O2/c1-3(4-1)2-5-3/h1-2H2. The molecule has 0 atom stereocenters. The van der Waals surface area contributed by atoms with Crippen LogP contribution >= 0.6 is 0 Å². The van der Waals surface area contributed by atoms with E-state index in [2.05, 4.69) is 0 Å². The Labute approximate surface area is 29.7 Å². The van der Waals surface area contributed by atoms with E-state index < -0.39 is 0 Å². The number of epoxide rings is 2. The predicted molar refractivity (Wildman–Crippen MR) is 14.6 cm³/mol. The van der Waals surface area contributed by atoms with Crippen molar-refractivity contribution in [1.29, 1.82) is 0 Å². The van der Waals surface area contributed by atoms with Gasteiger partial charge in [0.2, 0.25) is 5.79 Å².